The van der Waals surface area contributed by atoms with Crippen molar-refractivity contribution in [1.29, 1.82) is 0 Å². The van der Waals surface area contributed by atoms with Crippen molar-refractivity contribution in [3.63, 3.8) is 0 Å². The Labute approximate surface area is 84.8 Å². The van der Waals surface area contributed by atoms with Gasteiger partial charge in [-0.1, -0.05) is 19.3 Å². The summed E-state index contributed by atoms with van der Waals surface area (Å²) < 4.78 is 2.18. The first-order valence-electron chi connectivity index (χ1n) is 5.39. The molecule has 0 amide bonds. The second-order valence-corrected chi connectivity index (χ2v) is 4.49. The molecule has 1 aromatic heterocycles. The molecule has 2 rings (SSSR count). The molecule has 1 aromatic rings. The molecule has 0 radical (unpaired) electrons. The molecule has 0 bridgehead atoms. The SMILES string of the molecule is CC1(n2cnc(CO)c2)CCCCC1. The average Bonchev–Trinajstić information content (AvgIpc) is 2.67. The lowest BCUT2D eigenvalue weighted by molar-refractivity contribution is 0.217. The van der Waals surface area contributed by atoms with Gasteiger partial charge in [0, 0.05) is 11.7 Å². The summed E-state index contributed by atoms with van der Waals surface area (Å²) in [5, 5.41) is 8.96. The lowest BCUT2D eigenvalue weighted by atomic mass is 9.83. The molecule has 1 fully saturated rings. The third kappa shape index (κ3) is 1.69. The molecule has 0 aliphatic heterocycles. The first kappa shape index (κ1) is 9.71. The summed E-state index contributed by atoms with van der Waals surface area (Å²) in [4.78, 5) is 4.17. The van der Waals surface area contributed by atoms with Crippen LogP contribution in [0, 0.1) is 0 Å². The van der Waals surface area contributed by atoms with E-state index in [-0.39, 0.29) is 12.1 Å². The van der Waals surface area contributed by atoms with Crippen LogP contribution < -0.4 is 0 Å². The lowest BCUT2D eigenvalue weighted by Crippen LogP contribution is -2.31. The van der Waals surface area contributed by atoms with Gasteiger partial charge in [0.2, 0.25) is 0 Å². The van der Waals surface area contributed by atoms with Gasteiger partial charge in [-0.2, -0.15) is 0 Å². The van der Waals surface area contributed by atoms with Gasteiger partial charge in [-0.15, -0.1) is 0 Å². The van der Waals surface area contributed by atoms with Crippen LogP contribution in [0.15, 0.2) is 12.5 Å². The number of aliphatic hydroxyl groups excluding tert-OH is 1. The van der Waals surface area contributed by atoms with E-state index in [9.17, 15) is 0 Å². The number of rotatable bonds is 2. The van der Waals surface area contributed by atoms with E-state index in [1.165, 1.54) is 32.1 Å². The van der Waals surface area contributed by atoms with Crippen LogP contribution in [0.1, 0.15) is 44.7 Å². The molecule has 14 heavy (non-hydrogen) atoms. The first-order valence-corrected chi connectivity index (χ1v) is 5.39. The summed E-state index contributed by atoms with van der Waals surface area (Å²) in [6, 6.07) is 0. The zero-order chi connectivity index (χ0) is 10.0. The maximum Gasteiger partial charge on any atom is 0.0955 e. The van der Waals surface area contributed by atoms with E-state index in [4.69, 9.17) is 5.11 Å². The van der Waals surface area contributed by atoms with Gasteiger partial charge in [0.25, 0.3) is 0 Å². The van der Waals surface area contributed by atoms with Gasteiger partial charge in [-0.3, -0.25) is 0 Å². The number of nitrogens with zero attached hydrogens (tertiary/aromatic N) is 2. The van der Waals surface area contributed by atoms with Gasteiger partial charge in [0.05, 0.1) is 18.6 Å². The van der Waals surface area contributed by atoms with Crippen LogP contribution in [0.2, 0.25) is 0 Å². The van der Waals surface area contributed by atoms with E-state index in [1.54, 1.807) is 0 Å². The minimum Gasteiger partial charge on any atom is -0.390 e. The zero-order valence-corrected chi connectivity index (χ0v) is 8.74. The molecule has 3 heteroatoms. The van der Waals surface area contributed by atoms with E-state index in [2.05, 4.69) is 16.5 Å². The topological polar surface area (TPSA) is 38.0 Å². The van der Waals surface area contributed by atoms with Gasteiger partial charge in [0.15, 0.2) is 0 Å². The highest BCUT2D eigenvalue weighted by Crippen LogP contribution is 2.34. The minimum absolute atomic E-state index is 0.0447. The Hall–Kier alpha value is -0.830. The van der Waals surface area contributed by atoms with Crippen LogP contribution in [0.5, 0.6) is 0 Å². The summed E-state index contributed by atoms with van der Waals surface area (Å²) in [6.07, 6.45) is 10.3. The van der Waals surface area contributed by atoms with Crippen LogP contribution in [0.25, 0.3) is 0 Å². The number of aliphatic hydroxyl groups is 1. The molecule has 0 unspecified atom stereocenters. The van der Waals surface area contributed by atoms with E-state index in [0.29, 0.717) is 0 Å². The van der Waals surface area contributed by atoms with Crippen LogP contribution in [0.4, 0.5) is 0 Å². The number of imidazole rings is 1. The molecule has 0 aromatic carbocycles. The van der Waals surface area contributed by atoms with Gasteiger partial charge < -0.3 is 9.67 Å². The minimum atomic E-state index is 0.0447. The Kier molecular flexibility index (Phi) is 2.59. The molecule has 0 spiro atoms. The molecular weight excluding hydrogens is 176 g/mol. The van der Waals surface area contributed by atoms with Crippen molar-refractivity contribution in [3.05, 3.63) is 18.2 Å². The number of hydrogen-bond donors (Lipinski definition) is 1. The third-order valence-electron chi connectivity index (χ3n) is 3.35. The molecule has 0 saturated heterocycles. The summed E-state index contributed by atoms with van der Waals surface area (Å²) in [6.45, 7) is 2.33. The van der Waals surface area contributed by atoms with Gasteiger partial charge in [0.1, 0.15) is 0 Å². The fourth-order valence-corrected chi connectivity index (χ4v) is 2.31. The van der Waals surface area contributed by atoms with Crippen molar-refractivity contribution in [2.45, 2.75) is 51.2 Å². The Morgan fingerprint density at radius 2 is 2.14 bits per heavy atom. The Bertz CT molecular complexity index is 300. The van der Waals surface area contributed by atoms with Crippen molar-refractivity contribution < 1.29 is 5.11 Å². The largest absolute Gasteiger partial charge is 0.390 e. The van der Waals surface area contributed by atoms with Crippen LogP contribution in [-0.2, 0) is 12.1 Å². The zero-order valence-electron chi connectivity index (χ0n) is 8.74. The highest BCUT2D eigenvalue weighted by molar-refractivity contribution is 5.00. The Morgan fingerprint density at radius 3 is 2.71 bits per heavy atom. The van der Waals surface area contributed by atoms with Crippen molar-refractivity contribution in [2.24, 2.45) is 0 Å². The van der Waals surface area contributed by atoms with Gasteiger partial charge in [-0.05, 0) is 19.8 Å². The van der Waals surface area contributed by atoms with E-state index in [1.807, 2.05) is 12.5 Å². The van der Waals surface area contributed by atoms with Crippen molar-refractivity contribution in [1.82, 2.24) is 9.55 Å². The average molecular weight is 194 g/mol. The Morgan fingerprint density at radius 1 is 1.43 bits per heavy atom. The Balaban J connectivity index is 2.19. The fraction of sp³-hybridized carbons (Fsp3) is 0.727. The quantitative estimate of drug-likeness (QED) is 0.782. The van der Waals surface area contributed by atoms with Crippen LogP contribution in [0.3, 0.4) is 0 Å². The summed E-state index contributed by atoms with van der Waals surface area (Å²) in [7, 11) is 0. The van der Waals surface area contributed by atoms with E-state index in [0.717, 1.165) is 5.69 Å². The molecule has 1 N–H and O–H groups in total. The van der Waals surface area contributed by atoms with Gasteiger partial charge >= 0.3 is 0 Å². The molecule has 1 aliphatic carbocycles. The van der Waals surface area contributed by atoms with Crippen LogP contribution in [-0.4, -0.2) is 14.7 Å². The molecule has 1 heterocycles. The summed E-state index contributed by atoms with van der Waals surface area (Å²) >= 11 is 0. The predicted molar refractivity (Wildman–Crippen MR) is 54.9 cm³/mol. The lowest BCUT2D eigenvalue weighted by Gasteiger charge is -2.34. The second-order valence-electron chi connectivity index (χ2n) is 4.49. The smallest absolute Gasteiger partial charge is 0.0955 e. The van der Waals surface area contributed by atoms with Crippen molar-refractivity contribution >= 4 is 0 Å². The molecule has 0 atom stereocenters. The monoisotopic (exact) mass is 194 g/mol. The maximum absolute atomic E-state index is 8.96. The second kappa shape index (κ2) is 3.73. The number of aromatic nitrogens is 2. The molecule has 1 aliphatic rings. The van der Waals surface area contributed by atoms with Crippen LogP contribution >= 0.6 is 0 Å². The highest BCUT2D eigenvalue weighted by Gasteiger charge is 2.28. The van der Waals surface area contributed by atoms with E-state index < -0.39 is 0 Å². The van der Waals surface area contributed by atoms with Crippen molar-refractivity contribution in [2.75, 3.05) is 0 Å². The molecular formula is C11H18N2O. The molecule has 78 valence electrons. The third-order valence-corrected chi connectivity index (χ3v) is 3.35. The normalized spacial score (nSPS) is 21.0. The maximum atomic E-state index is 8.96. The number of hydrogen-bond acceptors (Lipinski definition) is 2. The van der Waals surface area contributed by atoms with Crippen molar-refractivity contribution in [3.8, 4) is 0 Å². The predicted octanol–water partition coefficient (Wildman–Crippen LogP) is 2.05. The van der Waals surface area contributed by atoms with Gasteiger partial charge in [-0.25, -0.2) is 4.98 Å². The fourth-order valence-electron chi connectivity index (χ4n) is 2.31. The first-order chi connectivity index (χ1) is 6.74. The summed E-state index contributed by atoms with van der Waals surface area (Å²) in [5.41, 5.74) is 1.01. The molecule has 3 nitrogen and oxygen atoms in total. The van der Waals surface area contributed by atoms with E-state index >= 15 is 0 Å². The molecule has 1 saturated carbocycles. The standard InChI is InChI=1S/C11H18N2O/c1-11(5-3-2-4-6-11)13-7-10(8-14)12-9-13/h7,9,14H,2-6,8H2,1H3. The highest BCUT2D eigenvalue weighted by atomic mass is 16.3. The summed E-state index contributed by atoms with van der Waals surface area (Å²) in [5.74, 6) is 0.